The molecule has 1 N–H and O–H groups in total. The normalized spacial score (nSPS) is 17.3. The average Bonchev–Trinajstić information content (AvgIpc) is 3.14. The van der Waals surface area contributed by atoms with Crippen LogP contribution in [-0.4, -0.2) is 28.0 Å². The summed E-state index contributed by atoms with van der Waals surface area (Å²) < 4.78 is 1.93. The van der Waals surface area contributed by atoms with Gasteiger partial charge in [0, 0.05) is 25.6 Å². The van der Waals surface area contributed by atoms with E-state index in [0.717, 1.165) is 24.2 Å². The molecule has 118 valence electrons. The summed E-state index contributed by atoms with van der Waals surface area (Å²) in [6.07, 6.45) is 5.40. The van der Waals surface area contributed by atoms with E-state index in [2.05, 4.69) is 28.5 Å². The second-order valence-corrected chi connectivity index (χ2v) is 6.05. The topological polar surface area (TPSA) is 67.2 Å². The molecule has 1 aromatic heterocycles. The van der Waals surface area contributed by atoms with Gasteiger partial charge in [-0.05, 0) is 30.4 Å². The molecule has 6 nitrogen and oxygen atoms in total. The van der Waals surface area contributed by atoms with Crippen molar-refractivity contribution < 1.29 is 9.59 Å². The number of imide groups is 1. The third-order valence-electron chi connectivity index (χ3n) is 4.68. The molecular weight excluding hydrogens is 292 g/mol. The number of aryl methyl sites for hydroxylation is 1. The van der Waals surface area contributed by atoms with Gasteiger partial charge in [0.25, 0.3) is 0 Å². The Kier molecular flexibility index (Phi) is 3.18. The maximum absolute atomic E-state index is 12.0. The van der Waals surface area contributed by atoms with E-state index in [1.807, 2.05) is 11.6 Å². The van der Waals surface area contributed by atoms with Gasteiger partial charge in [0.05, 0.1) is 6.20 Å². The van der Waals surface area contributed by atoms with Gasteiger partial charge < -0.3 is 4.57 Å². The Labute approximate surface area is 134 Å². The Hall–Kier alpha value is -2.63. The number of hydrogen-bond acceptors (Lipinski definition) is 3. The van der Waals surface area contributed by atoms with Crippen molar-refractivity contribution in [2.45, 2.75) is 25.7 Å². The van der Waals surface area contributed by atoms with E-state index in [-0.39, 0.29) is 11.9 Å². The van der Waals surface area contributed by atoms with Gasteiger partial charge in [-0.3, -0.25) is 15.0 Å². The standard InChI is InChI=1S/C17H18N4O2/c1-20-15(21-9-8-14(22)19-17(21)23)10-18-16(20)13-7-3-5-11-4-2-6-12(11)13/h3,5,7,10H,2,4,6,8-9H2,1H3,(H,19,22,23). The number of aromatic nitrogens is 2. The summed E-state index contributed by atoms with van der Waals surface area (Å²) in [7, 11) is 1.91. The van der Waals surface area contributed by atoms with E-state index in [1.165, 1.54) is 17.5 Å². The first-order chi connectivity index (χ1) is 11.1. The van der Waals surface area contributed by atoms with Crippen LogP contribution in [0.2, 0.25) is 0 Å². The van der Waals surface area contributed by atoms with E-state index in [0.29, 0.717) is 18.8 Å². The van der Waals surface area contributed by atoms with Crippen LogP contribution in [-0.2, 0) is 24.7 Å². The minimum Gasteiger partial charge on any atom is -0.314 e. The second kappa shape index (κ2) is 5.22. The summed E-state index contributed by atoms with van der Waals surface area (Å²) in [5.41, 5.74) is 3.90. The molecule has 0 atom stereocenters. The number of rotatable bonds is 2. The van der Waals surface area contributed by atoms with E-state index in [1.54, 1.807) is 11.1 Å². The molecular formula is C17H18N4O2. The van der Waals surface area contributed by atoms with Crippen molar-refractivity contribution in [3.05, 3.63) is 35.5 Å². The molecule has 2 aliphatic rings. The van der Waals surface area contributed by atoms with Gasteiger partial charge in [0.2, 0.25) is 5.91 Å². The number of amides is 3. The van der Waals surface area contributed by atoms with E-state index < -0.39 is 0 Å². The van der Waals surface area contributed by atoms with Gasteiger partial charge in [-0.2, -0.15) is 0 Å². The van der Waals surface area contributed by atoms with Gasteiger partial charge in [0.1, 0.15) is 11.6 Å². The minimum absolute atomic E-state index is 0.227. The number of imidazole rings is 1. The number of nitrogens with zero attached hydrogens (tertiary/aromatic N) is 3. The third-order valence-corrected chi connectivity index (χ3v) is 4.68. The molecule has 3 amide bonds. The van der Waals surface area contributed by atoms with E-state index in [9.17, 15) is 9.59 Å². The molecule has 0 unspecified atom stereocenters. The number of hydrogen-bond donors (Lipinski definition) is 1. The third kappa shape index (κ3) is 2.21. The lowest BCUT2D eigenvalue weighted by molar-refractivity contribution is -0.120. The largest absolute Gasteiger partial charge is 0.329 e. The fourth-order valence-corrected chi connectivity index (χ4v) is 3.51. The Morgan fingerprint density at radius 2 is 2.04 bits per heavy atom. The molecule has 1 fully saturated rings. The number of nitrogens with one attached hydrogen (secondary N) is 1. The van der Waals surface area contributed by atoms with Gasteiger partial charge >= 0.3 is 6.03 Å². The van der Waals surface area contributed by atoms with Crippen LogP contribution in [0.15, 0.2) is 24.4 Å². The van der Waals surface area contributed by atoms with Crippen molar-refractivity contribution in [1.29, 1.82) is 0 Å². The second-order valence-electron chi connectivity index (χ2n) is 6.05. The van der Waals surface area contributed by atoms with Crippen molar-refractivity contribution in [1.82, 2.24) is 14.9 Å². The van der Waals surface area contributed by atoms with Crippen LogP contribution in [0.3, 0.4) is 0 Å². The summed E-state index contributed by atoms with van der Waals surface area (Å²) in [5.74, 6) is 1.35. The highest BCUT2D eigenvalue weighted by molar-refractivity contribution is 6.05. The first kappa shape index (κ1) is 14.0. The highest BCUT2D eigenvalue weighted by Gasteiger charge is 2.27. The average molecular weight is 310 g/mol. The van der Waals surface area contributed by atoms with Crippen molar-refractivity contribution in [2.75, 3.05) is 11.4 Å². The molecule has 2 aromatic rings. The maximum atomic E-state index is 12.0. The Bertz CT molecular complexity index is 809. The van der Waals surface area contributed by atoms with Crippen LogP contribution in [0.5, 0.6) is 0 Å². The Balaban J connectivity index is 1.73. The first-order valence-corrected chi connectivity index (χ1v) is 7.89. The number of carbonyl (C=O) groups is 2. The van der Waals surface area contributed by atoms with E-state index >= 15 is 0 Å². The van der Waals surface area contributed by atoms with Gasteiger partial charge in [-0.15, -0.1) is 0 Å². The molecule has 2 heterocycles. The SMILES string of the molecule is Cn1c(N2CCC(=O)NC2=O)cnc1-c1cccc2c1CCC2. The number of urea groups is 1. The quantitative estimate of drug-likeness (QED) is 0.923. The van der Waals surface area contributed by atoms with Gasteiger partial charge in [-0.1, -0.05) is 18.2 Å². The van der Waals surface area contributed by atoms with Crippen LogP contribution >= 0.6 is 0 Å². The monoisotopic (exact) mass is 310 g/mol. The highest BCUT2D eigenvalue weighted by Crippen LogP contribution is 2.33. The molecule has 0 bridgehead atoms. The zero-order chi connectivity index (χ0) is 16.0. The van der Waals surface area contributed by atoms with E-state index in [4.69, 9.17) is 0 Å². The Morgan fingerprint density at radius 3 is 2.87 bits per heavy atom. The zero-order valence-corrected chi connectivity index (χ0v) is 13.0. The molecule has 4 rings (SSSR count). The van der Waals surface area contributed by atoms with Crippen LogP contribution in [0.1, 0.15) is 24.0 Å². The summed E-state index contributed by atoms with van der Waals surface area (Å²) >= 11 is 0. The number of benzene rings is 1. The molecule has 1 aliphatic carbocycles. The minimum atomic E-state index is -0.380. The molecule has 0 saturated carbocycles. The molecule has 1 aliphatic heterocycles. The zero-order valence-electron chi connectivity index (χ0n) is 13.0. The molecule has 23 heavy (non-hydrogen) atoms. The van der Waals surface area contributed by atoms with Crippen molar-refractivity contribution in [2.24, 2.45) is 7.05 Å². The van der Waals surface area contributed by atoms with Gasteiger partial charge in [0.15, 0.2) is 0 Å². The summed E-state index contributed by atoms with van der Waals surface area (Å²) in [6.45, 7) is 0.385. The fourth-order valence-electron chi connectivity index (χ4n) is 3.51. The van der Waals surface area contributed by atoms with Crippen LogP contribution in [0.25, 0.3) is 11.4 Å². The number of anilines is 1. The van der Waals surface area contributed by atoms with Crippen molar-refractivity contribution >= 4 is 17.8 Å². The molecule has 0 spiro atoms. The van der Waals surface area contributed by atoms with Crippen LogP contribution in [0.4, 0.5) is 10.6 Å². The van der Waals surface area contributed by atoms with Crippen LogP contribution < -0.4 is 10.2 Å². The summed E-state index contributed by atoms with van der Waals surface area (Å²) in [4.78, 5) is 29.5. The smallest absolute Gasteiger partial charge is 0.314 e. The first-order valence-electron chi connectivity index (χ1n) is 7.89. The molecule has 1 saturated heterocycles. The predicted molar refractivity (Wildman–Crippen MR) is 86.2 cm³/mol. The Morgan fingerprint density at radius 1 is 1.17 bits per heavy atom. The summed E-state index contributed by atoms with van der Waals surface area (Å²) in [6, 6.07) is 5.96. The lowest BCUT2D eigenvalue weighted by Crippen LogP contribution is -2.50. The summed E-state index contributed by atoms with van der Waals surface area (Å²) in [5, 5.41) is 2.35. The lowest BCUT2D eigenvalue weighted by atomic mass is 10.0. The number of carbonyl (C=O) groups excluding carboxylic acids is 2. The van der Waals surface area contributed by atoms with Crippen molar-refractivity contribution in [3.63, 3.8) is 0 Å². The maximum Gasteiger partial charge on any atom is 0.329 e. The highest BCUT2D eigenvalue weighted by atomic mass is 16.2. The molecule has 6 heteroatoms. The van der Waals surface area contributed by atoms with Crippen LogP contribution in [0, 0.1) is 0 Å². The fraction of sp³-hybridized carbons (Fsp3) is 0.353. The predicted octanol–water partition coefficient (Wildman–Crippen LogP) is 2.02. The lowest BCUT2D eigenvalue weighted by Gasteiger charge is -2.26. The van der Waals surface area contributed by atoms with Crippen molar-refractivity contribution in [3.8, 4) is 11.4 Å². The molecule has 0 radical (unpaired) electrons. The van der Waals surface area contributed by atoms with Gasteiger partial charge in [-0.25, -0.2) is 9.78 Å². The number of fused-ring (bicyclic) bond motifs is 1. The molecule has 1 aromatic carbocycles.